The third kappa shape index (κ3) is 3.18. The van der Waals surface area contributed by atoms with Gasteiger partial charge in [-0.2, -0.15) is 0 Å². The lowest BCUT2D eigenvalue weighted by Crippen LogP contribution is -2.53. The molecule has 1 fully saturated rings. The largest absolute Gasteiger partial charge is 0.364 e. The highest BCUT2D eigenvalue weighted by molar-refractivity contribution is 5.99. The second-order valence-corrected chi connectivity index (χ2v) is 8.05. The van der Waals surface area contributed by atoms with Crippen molar-refractivity contribution in [1.82, 2.24) is 25.6 Å². The number of H-pyrrole nitrogens is 1. The summed E-state index contributed by atoms with van der Waals surface area (Å²) in [6, 6.07) is 8.05. The molecule has 0 radical (unpaired) electrons. The summed E-state index contributed by atoms with van der Waals surface area (Å²) in [4.78, 5) is 36.6. The van der Waals surface area contributed by atoms with Crippen LogP contribution in [0, 0.1) is 6.92 Å². The van der Waals surface area contributed by atoms with Gasteiger partial charge in [0.25, 0.3) is 5.91 Å². The molecule has 0 spiro atoms. The van der Waals surface area contributed by atoms with Crippen LogP contribution < -0.4 is 16.0 Å². The highest BCUT2D eigenvalue weighted by Gasteiger charge is 2.32. The molecular formula is C22H24N6O2. The van der Waals surface area contributed by atoms with E-state index in [0.29, 0.717) is 12.1 Å². The summed E-state index contributed by atoms with van der Waals surface area (Å²) in [6.45, 7) is 4.12. The fourth-order valence-corrected chi connectivity index (χ4v) is 4.24. The molecule has 0 bridgehead atoms. The Kier molecular flexibility index (Phi) is 4.42. The van der Waals surface area contributed by atoms with Gasteiger partial charge in [0.1, 0.15) is 11.3 Å². The van der Waals surface area contributed by atoms with E-state index < -0.39 is 0 Å². The van der Waals surface area contributed by atoms with E-state index in [9.17, 15) is 9.59 Å². The van der Waals surface area contributed by atoms with Crippen LogP contribution >= 0.6 is 0 Å². The molecule has 30 heavy (non-hydrogen) atoms. The van der Waals surface area contributed by atoms with Crippen molar-refractivity contribution in [1.29, 1.82) is 0 Å². The van der Waals surface area contributed by atoms with Gasteiger partial charge in [-0.05, 0) is 31.9 Å². The maximum atomic E-state index is 12.2. The van der Waals surface area contributed by atoms with Gasteiger partial charge in [0.15, 0.2) is 0 Å². The smallest absolute Gasteiger partial charge is 0.253 e. The number of benzene rings is 1. The van der Waals surface area contributed by atoms with Crippen molar-refractivity contribution in [3.05, 3.63) is 41.2 Å². The van der Waals surface area contributed by atoms with Crippen LogP contribution in [0.15, 0.2) is 24.3 Å². The molecule has 154 valence electrons. The molecule has 2 aliphatic rings. The van der Waals surface area contributed by atoms with Crippen molar-refractivity contribution in [3.8, 4) is 11.3 Å². The highest BCUT2D eigenvalue weighted by atomic mass is 16.2. The molecule has 8 heteroatoms. The first kappa shape index (κ1) is 18.6. The van der Waals surface area contributed by atoms with Gasteiger partial charge in [-0.25, -0.2) is 9.97 Å². The average molecular weight is 404 g/mol. The summed E-state index contributed by atoms with van der Waals surface area (Å²) < 4.78 is 0. The first-order chi connectivity index (χ1) is 14.5. The van der Waals surface area contributed by atoms with E-state index in [4.69, 9.17) is 9.97 Å². The molecular weight excluding hydrogens is 380 g/mol. The number of aromatic nitrogens is 3. The van der Waals surface area contributed by atoms with Crippen molar-refractivity contribution in [2.24, 2.45) is 0 Å². The van der Waals surface area contributed by atoms with Gasteiger partial charge in [0, 0.05) is 48.9 Å². The topological polar surface area (TPSA) is 112 Å². The Bertz CT molecular complexity index is 1170. The van der Waals surface area contributed by atoms with Gasteiger partial charge in [0.2, 0.25) is 5.91 Å². The van der Waals surface area contributed by atoms with Crippen LogP contribution in [0.3, 0.4) is 0 Å². The molecule has 1 unspecified atom stereocenters. The van der Waals surface area contributed by atoms with E-state index in [1.807, 2.05) is 31.2 Å². The van der Waals surface area contributed by atoms with E-state index in [2.05, 4.69) is 20.9 Å². The number of aromatic amines is 1. The Labute approximate surface area is 173 Å². The van der Waals surface area contributed by atoms with E-state index in [1.165, 1.54) is 0 Å². The van der Waals surface area contributed by atoms with Gasteiger partial charge in [-0.1, -0.05) is 12.1 Å². The second-order valence-electron chi connectivity index (χ2n) is 8.05. The fraction of sp³-hybridized carbons (Fsp3) is 0.364. The van der Waals surface area contributed by atoms with Crippen molar-refractivity contribution in [2.75, 3.05) is 11.9 Å². The van der Waals surface area contributed by atoms with Crippen molar-refractivity contribution in [3.63, 3.8) is 0 Å². The van der Waals surface area contributed by atoms with Crippen LogP contribution in [0.2, 0.25) is 0 Å². The lowest BCUT2D eigenvalue weighted by atomic mass is 9.86. The summed E-state index contributed by atoms with van der Waals surface area (Å²) in [6.07, 6.45) is 2.72. The second kappa shape index (κ2) is 7.12. The van der Waals surface area contributed by atoms with Gasteiger partial charge in [0.05, 0.1) is 16.8 Å². The zero-order valence-corrected chi connectivity index (χ0v) is 17.0. The number of carbonyl (C=O) groups excluding carboxylic acids is 2. The van der Waals surface area contributed by atoms with Crippen LogP contribution in [0.4, 0.5) is 5.82 Å². The van der Waals surface area contributed by atoms with E-state index in [-0.39, 0.29) is 23.9 Å². The number of anilines is 1. The van der Waals surface area contributed by atoms with Crippen molar-refractivity contribution >= 4 is 28.7 Å². The van der Waals surface area contributed by atoms with Crippen LogP contribution in [0.1, 0.15) is 41.5 Å². The number of para-hydroxylation sites is 1. The maximum absolute atomic E-state index is 12.2. The van der Waals surface area contributed by atoms with Crippen molar-refractivity contribution in [2.45, 2.75) is 45.2 Å². The zero-order valence-electron chi connectivity index (χ0n) is 17.0. The minimum Gasteiger partial charge on any atom is -0.364 e. The molecule has 3 heterocycles. The lowest BCUT2D eigenvalue weighted by molar-refractivity contribution is -0.120. The fourth-order valence-electron chi connectivity index (χ4n) is 4.24. The Morgan fingerprint density at radius 3 is 2.73 bits per heavy atom. The number of aryl methyl sites for hydroxylation is 1. The van der Waals surface area contributed by atoms with Crippen LogP contribution in [-0.4, -0.2) is 45.4 Å². The molecule has 1 saturated carbocycles. The summed E-state index contributed by atoms with van der Waals surface area (Å²) in [5.74, 6) is 0.663. The predicted octanol–water partition coefficient (Wildman–Crippen LogP) is 2.30. The van der Waals surface area contributed by atoms with Crippen LogP contribution in [0.5, 0.6) is 0 Å². The molecule has 1 aliphatic heterocycles. The van der Waals surface area contributed by atoms with Crippen LogP contribution in [-0.2, 0) is 11.2 Å². The normalized spacial score (nSPS) is 20.3. The molecule has 8 nitrogen and oxygen atoms in total. The standard InChI is InChI=1S/C22H24N6O2/c1-11-21(27-17-7-6-16(17)25-12(2)29)28-20-13(4-3-5-18(20)24-11)19-10-14-15(26-19)8-9-23-22(14)30/h3-5,10,16-17,26H,6-9H2,1-2H3,(H,23,30)(H,25,29)(H,27,28)/t16?,17-/m0/s1. The average Bonchev–Trinajstić information content (AvgIpc) is 3.14. The van der Waals surface area contributed by atoms with Crippen LogP contribution in [0.25, 0.3) is 22.3 Å². The zero-order chi connectivity index (χ0) is 20.8. The summed E-state index contributed by atoms with van der Waals surface area (Å²) in [5.41, 5.74) is 5.83. The summed E-state index contributed by atoms with van der Waals surface area (Å²) in [5, 5.41) is 9.33. The minimum absolute atomic E-state index is 0.0187. The molecule has 3 aromatic rings. The van der Waals surface area contributed by atoms with E-state index >= 15 is 0 Å². The maximum Gasteiger partial charge on any atom is 0.253 e. The predicted molar refractivity (Wildman–Crippen MR) is 114 cm³/mol. The number of rotatable bonds is 4. The number of nitrogens with one attached hydrogen (secondary N) is 4. The molecule has 2 amide bonds. The quantitative estimate of drug-likeness (QED) is 0.533. The number of hydrogen-bond acceptors (Lipinski definition) is 5. The van der Waals surface area contributed by atoms with Crippen molar-refractivity contribution < 1.29 is 9.59 Å². The summed E-state index contributed by atoms with van der Waals surface area (Å²) >= 11 is 0. The minimum atomic E-state index is -0.0442. The number of amides is 2. The first-order valence-corrected chi connectivity index (χ1v) is 10.3. The molecule has 2 aromatic heterocycles. The SMILES string of the molecule is CC(=O)NC1CC[C@@H]1Nc1nc2c(-c3cc4c([nH]3)CCNC4=O)cccc2nc1C. The van der Waals surface area contributed by atoms with E-state index in [1.54, 1.807) is 6.92 Å². The van der Waals surface area contributed by atoms with Gasteiger partial charge in [-0.3, -0.25) is 9.59 Å². The molecule has 0 saturated heterocycles. The third-order valence-electron chi connectivity index (χ3n) is 5.95. The number of hydrogen-bond donors (Lipinski definition) is 4. The van der Waals surface area contributed by atoms with Gasteiger partial charge in [-0.15, -0.1) is 0 Å². The first-order valence-electron chi connectivity index (χ1n) is 10.3. The molecule has 1 aromatic carbocycles. The van der Waals surface area contributed by atoms with E-state index in [0.717, 1.165) is 58.8 Å². The monoisotopic (exact) mass is 404 g/mol. The molecule has 4 N–H and O–H groups in total. The Hall–Kier alpha value is -3.42. The summed E-state index contributed by atoms with van der Waals surface area (Å²) in [7, 11) is 0. The Balaban J connectivity index is 1.52. The Morgan fingerprint density at radius 1 is 1.17 bits per heavy atom. The molecule has 2 atom stereocenters. The number of carbonyl (C=O) groups is 2. The van der Waals surface area contributed by atoms with Gasteiger partial charge < -0.3 is 20.9 Å². The lowest BCUT2D eigenvalue weighted by Gasteiger charge is -2.37. The highest BCUT2D eigenvalue weighted by Crippen LogP contribution is 2.31. The third-order valence-corrected chi connectivity index (χ3v) is 5.95. The number of nitrogens with zero attached hydrogens (tertiary/aromatic N) is 2. The molecule has 1 aliphatic carbocycles. The van der Waals surface area contributed by atoms with Gasteiger partial charge >= 0.3 is 0 Å². The number of fused-ring (bicyclic) bond motifs is 2. The Morgan fingerprint density at radius 2 is 2.00 bits per heavy atom. The molecule has 5 rings (SSSR count).